The molecule has 2 aromatic rings. The molecule has 1 atom stereocenters. The molecule has 2 saturated heterocycles. The zero-order valence-corrected chi connectivity index (χ0v) is 15.2. The summed E-state index contributed by atoms with van der Waals surface area (Å²) in [5.74, 6) is 0.460. The van der Waals surface area contributed by atoms with Crippen molar-refractivity contribution in [2.75, 3.05) is 32.8 Å². The van der Waals surface area contributed by atoms with Gasteiger partial charge in [-0.1, -0.05) is 35.9 Å². The van der Waals surface area contributed by atoms with Crippen molar-refractivity contribution in [2.24, 2.45) is 0 Å². The number of hydrogen-bond donors (Lipinski definition) is 2. The van der Waals surface area contributed by atoms with Gasteiger partial charge in [-0.2, -0.15) is 0 Å². The number of amides is 1. The molecule has 4 rings (SSSR count). The van der Waals surface area contributed by atoms with E-state index in [1.807, 2.05) is 47.4 Å². The summed E-state index contributed by atoms with van der Waals surface area (Å²) < 4.78 is 5.87. The minimum absolute atomic E-state index is 0.0630. The standard InChI is InChI=1S/C20H22ClN3O2/c21-18-6-4-14(5-7-18)19-13-24(8-9-26-19)20(25)16-3-1-2-15(10-16)17-11-22-23-12-17/h1-7,10,17,19,22-23H,8-9,11-13H2. The fourth-order valence-electron chi connectivity index (χ4n) is 3.52. The number of hydrazine groups is 1. The Morgan fingerprint density at radius 2 is 1.85 bits per heavy atom. The van der Waals surface area contributed by atoms with Gasteiger partial charge in [-0.25, -0.2) is 0 Å². The van der Waals surface area contributed by atoms with Crippen molar-refractivity contribution in [1.29, 1.82) is 0 Å². The predicted octanol–water partition coefficient (Wildman–Crippen LogP) is 2.75. The van der Waals surface area contributed by atoms with Crippen LogP contribution in [0.15, 0.2) is 48.5 Å². The first-order valence-electron chi connectivity index (χ1n) is 8.93. The van der Waals surface area contributed by atoms with E-state index >= 15 is 0 Å². The summed E-state index contributed by atoms with van der Waals surface area (Å²) in [7, 11) is 0. The Morgan fingerprint density at radius 3 is 2.62 bits per heavy atom. The van der Waals surface area contributed by atoms with Crippen LogP contribution in [0.1, 0.15) is 33.5 Å². The first kappa shape index (κ1) is 17.5. The van der Waals surface area contributed by atoms with Crippen molar-refractivity contribution in [3.8, 4) is 0 Å². The van der Waals surface area contributed by atoms with E-state index in [1.165, 1.54) is 5.56 Å². The molecule has 0 bridgehead atoms. The average Bonchev–Trinajstić information content (AvgIpc) is 3.23. The molecule has 2 aliphatic heterocycles. The van der Waals surface area contributed by atoms with E-state index in [0.717, 1.165) is 24.2 Å². The zero-order valence-electron chi connectivity index (χ0n) is 14.5. The number of benzene rings is 2. The normalized spacial score (nSPS) is 21.1. The number of rotatable bonds is 3. The lowest BCUT2D eigenvalue weighted by atomic mass is 9.97. The lowest BCUT2D eigenvalue weighted by Crippen LogP contribution is -2.42. The number of nitrogens with zero attached hydrogens (tertiary/aromatic N) is 1. The van der Waals surface area contributed by atoms with Gasteiger partial charge in [-0.3, -0.25) is 15.6 Å². The van der Waals surface area contributed by atoms with Gasteiger partial charge in [0.15, 0.2) is 0 Å². The zero-order chi connectivity index (χ0) is 17.9. The Kier molecular flexibility index (Phi) is 5.22. The number of nitrogens with one attached hydrogen (secondary N) is 2. The third kappa shape index (κ3) is 3.76. The van der Waals surface area contributed by atoms with Gasteiger partial charge in [0.25, 0.3) is 5.91 Å². The van der Waals surface area contributed by atoms with Gasteiger partial charge in [0, 0.05) is 36.1 Å². The molecule has 1 unspecified atom stereocenters. The van der Waals surface area contributed by atoms with Gasteiger partial charge in [-0.15, -0.1) is 0 Å². The van der Waals surface area contributed by atoms with E-state index in [-0.39, 0.29) is 12.0 Å². The van der Waals surface area contributed by atoms with Crippen LogP contribution in [-0.4, -0.2) is 43.6 Å². The Morgan fingerprint density at radius 1 is 1.08 bits per heavy atom. The fourth-order valence-corrected chi connectivity index (χ4v) is 3.65. The Labute approximate surface area is 158 Å². The van der Waals surface area contributed by atoms with Crippen molar-refractivity contribution in [3.63, 3.8) is 0 Å². The maximum atomic E-state index is 13.0. The average molecular weight is 372 g/mol. The van der Waals surface area contributed by atoms with E-state index < -0.39 is 0 Å². The first-order chi connectivity index (χ1) is 12.7. The van der Waals surface area contributed by atoms with Gasteiger partial charge >= 0.3 is 0 Å². The molecule has 0 aromatic heterocycles. The highest BCUT2D eigenvalue weighted by Crippen LogP contribution is 2.25. The second-order valence-electron chi connectivity index (χ2n) is 6.75. The van der Waals surface area contributed by atoms with E-state index in [9.17, 15) is 4.79 Å². The quantitative estimate of drug-likeness (QED) is 0.871. The van der Waals surface area contributed by atoms with E-state index in [1.54, 1.807) is 0 Å². The molecular formula is C20H22ClN3O2. The highest BCUT2D eigenvalue weighted by Gasteiger charge is 2.27. The topological polar surface area (TPSA) is 53.6 Å². The smallest absolute Gasteiger partial charge is 0.254 e. The lowest BCUT2D eigenvalue weighted by Gasteiger charge is -2.33. The van der Waals surface area contributed by atoms with Crippen LogP contribution >= 0.6 is 11.6 Å². The Hall–Kier alpha value is -1.92. The van der Waals surface area contributed by atoms with Crippen LogP contribution in [0.2, 0.25) is 5.02 Å². The molecule has 5 nitrogen and oxygen atoms in total. The second kappa shape index (κ2) is 7.76. The van der Waals surface area contributed by atoms with Crippen LogP contribution in [0.3, 0.4) is 0 Å². The summed E-state index contributed by atoms with van der Waals surface area (Å²) in [6.45, 7) is 3.47. The third-order valence-electron chi connectivity index (χ3n) is 5.02. The van der Waals surface area contributed by atoms with Crippen molar-refractivity contribution in [3.05, 3.63) is 70.2 Å². The van der Waals surface area contributed by atoms with Crippen LogP contribution in [0.4, 0.5) is 0 Å². The van der Waals surface area contributed by atoms with Gasteiger partial charge < -0.3 is 9.64 Å². The highest BCUT2D eigenvalue weighted by molar-refractivity contribution is 6.30. The summed E-state index contributed by atoms with van der Waals surface area (Å²) in [6, 6.07) is 15.6. The lowest BCUT2D eigenvalue weighted by molar-refractivity contribution is -0.0228. The van der Waals surface area contributed by atoms with Crippen molar-refractivity contribution in [1.82, 2.24) is 15.8 Å². The molecule has 2 heterocycles. The van der Waals surface area contributed by atoms with Crippen molar-refractivity contribution in [2.45, 2.75) is 12.0 Å². The van der Waals surface area contributed by atoms with E-state index in [2.05, 4.69) is 16.9 Å². The molecule has 0 aliphatic carbocycles. The fraction of sp³-hybridized carbons (Fsp3) is 0.350. The van der Waals surface area contributed by atoms with E-state index in [0.29, 0.717) is 30.6 Å². The molecule has 6 heteroatoms. The molecule has 136 valence electrons. The Bertz CT molecular complexity index is 775. The molecule has 26 heavy (non-hydrogen) atoms. The molecule has 2 fully saturated rings. The number of carbonyl (C=O) groups is 1. The molecular weight excluding hydrogens is 350 g/mol. The largest absolute Gasteiger partial charge is 0.370 e. The van der Waals surface area contributed by atoms with Gasteiger partial charge in [0.1, 0.15) is 6.10 Å². The number of morpholine rings is 1. The monoisotopic (exact) mass is 371 g/mol. The molecule has 2 N–H and O–H groups in total. The van der Waals surface area contributed by atoms with E-state index in [4.69, 9.17) is 16.3 Å². The summed E-state index contributed by atoms with van der Waals surface area (Å²) in [5, 5.41) is 0.699. The summed E-state index contributed by atoms with van der Waals surface area (Å²) >= 11 is 5.96. The SMILES string of the molecule is O=C(c1cccc(C2CNNC2)c1)N1CCOC(c2ccc(Cl)cc2)C1. The molecule has 1 amide bonds. The molecule has 0 radical (unpaired) electrons. The number of ether oxygens (including phenoxy) is 1. The Balaban J connectivity index is 1.49. The van der Waals surface area contributed by atoms with Crippen LogP contribution in [0.5, 0.6) is 0 Å². The molecule has 2 aromatic carbocycles. The summed E-state index contributed by atoms with van der Waals surface area (Å²) in [5.41, 5.74) is 9.26. The van der Waals surface area contributed by atoms with Gasteiger partial charge in [-0.05, 0) is 35.4 Å². The van der Waals surface area contributed by atoms with Crippen molar-refractivity contribution < 1.29 is 9.53 Å². The predicted molar refractivity (Wildman–Crippen MR) is 101 cm³/mol. The van der Waals surface area contributed by atoms with Crippen LogP contribution in [0, 0.1) is 0 Å². The maximum Gasteiger partial charge on any atom is 0.254 e. The van der Waals surface area contributed by atoms with Crippen LogP contribution < -0.4 is 10.9 Å². The maximum absolute atomic E-state index is 13.0. The van der Waals surface area contributed by atoms with Gasteiger partial charge in [0.2, 0.25) is 0 Å². The minimum atomic E-state index is -0.114. The van der Waals surface area contributed by atoms with Crippen LogP contribution in [-0.2, 0) is 4.74 Å². The first-order valence-corrected chi connectivity index (χ1v) is 9.30. The van der Waals surface area contributed by atoms with Crippen molar-refractivity contribution >= 4 is 17.5 Å². The van der Waals surface area contributed by atoms with Gasteiger partial charge in [0.05, 0.1) is 13.2 Å². The molecule has 0 saturated carbocycles. The summed E-state index contributed by atoms with van der Waals surface area (Å²) in [6.07, 6.45) is -0.114. The molecule has 0 spiro atoms. The molecule has 2 aliphatic rings. The number of halogens is 1. The third-order valence-corrected chi connectivity index (χ3v) is 5.27. The highest BCUT2D eigenvalue weighted by atomic mass is 35.5. The van der Waals surface area contributed by atoms with Crippen LogP contribution in [0.25, 0.3) is 0 Å². The number of carbonyl (C=O) groups excluding carboxylic acids is 1. The number of hydrogen-bond acceptors (Lipinski definition) is 4. The summed E-state index contributed by atoms with van der Waals surface area (Å²) in [4.78, 5) is 14.9. The second-order valence-corrected chi connectivity index (χ2v) is 7.18. The minimum Gasteiger partial charge on any atom is -0.370 e.